The normalized spacial score (nSPS) is 8.62. The second kappa shape index (κ2) is 10.3. The van der Waals surface area contributed by atoms with Crippen molar-refractivity contribution in [1.29, 1.82) is 0 Å². The van der Waals surface area contributed by atoms with Crippen molar-refractivity contribution < 1.29 is 14.3 Å². The minimum atomic E-state index is -0.562. The largest absolute Gasteiger partial charge is 0.394 e. The van der Waals surface area contributed by atoms with Gasteiger partial charge >= 0.3 is 11.9 Å². The fourth-order valence-electron chi connectivity index (χ4n) is 1.21. The summed E-state index contributed by atoms with van der Waals surface area (Å²) in [4.78, 5) is 27.6. The van der Waals surface area contributed by atoms with Crippen molar-refractivity contribution in [3.63, 3.8) is 0 Å². The van der Waals surface area contributed by atoms with Crippen LogP contribution in [0.3, 0.4) is 0 Å². The van der Waals surface area contributed by atoms with Crippen molar-refractivity contribution in [3.05, 3.63) is 48.3 Å². The van der Waals surface area contributed by atoms with E-state index >= 15 is 0 Å². The number of carbonyl (C=O) groups is 2. The van der Waals surface area contributed by atoms with E-state index in [9.17, 15) is 9.59 Å². The number of aryl methyl sites for hydroxylation is 3. The van der Waals surface area contributed by atoms with Crippen LogP contribution in [0, 0.1) is 13.8 Å². The molecule has 6 nitrogen and oxygen atoms in total. The summed E-state index contributed by atoms with van der Waals surface area (Å²) >= 11 is 0. The Kier molecular flexibility index (Phi) is 9.08. The highest BCUT2D eigenvalue weighted by Gasteiger charge is 1.93. The number of ether oxygens (including phenoxy) is 1. The van der Waals surface area contributed by atoms with Gasteiger partial charge in [0.05, 0.1) is 6.33 Å². The van der Waals surface area contributed by atoms with Gasteiger partial charge in [0.2, 0.25) is 0 Å². The van der Waals surface area contributed by atoms with Crippen LogP contribution < -0.4 is 0 Å². The van der Waals surface area contributed by atoms with E-state index < -0.39 is 11.9 Å². The summed E-state index contributed by atoms with van der Waals surface area (Å²) < 4.78 is 5.86. The Hall–Kier alpha value is -2.50. The van der Waals surface area contributed by atoms with Gasteiger partial charge in [0.15, 0.2) is 0 Å². The zero-order valence-electron chi connectivity index (χ0n) is 13.0. The Bertz CT molecular complexity index is 522. The van der Waals surface area contributed by atoms with Crippen LogP contribution in [0.2, 0.25) is 0 Å². The van der Waals surface area contributed by atoms with Crippen molar-refractivity contribution in [2.24, 2.45) is 7.05 Å². The number of hydrogen-bond acceptors (Lipinski definition) is 5. The van der Waals surface area contributed by atoms with Gasteiger partial charge < -0.3 is 9.30 Å². The van der Waals surface area contributed by atoms with Gasteiger partial charge in [-0.15, -0.1) is 0 Å². The molecule has 114 valence electrons. The van der Waals surface area contributed by atoms with Gasteiger partial charge in [-0.25, -0.2) is 4.98 Å². The first-order chi connectivity index (χ1) is 9.81. The number of rotatable bonds is 0. The molecule has 2 aromatic heterocycles. The van der Waals surface area contributed by atoms with Crippen LogP contribution >= 0.6 is 0 Å². The van der Waals surface area contributed by atoms with Crippen molar-refractivity contribution in [1.82, 2.24) is 14.5 Å². The molecule has 0 N–H and O–H groups in total. The molecule has 0 fully saturated rings. The fraction of sp³-hybridized carbons (Fsp3) is 0.333. The average Bonchev–Trinajstić information content (AvgIpc) is 2.79. The fourth-order valence-corrected chi connectivity index (χ4v) is 1.21. The maximum Gasteiger partial charge on any atom is 0.310 e. The Morgan fingerprint density at radius 2 is 1.62 bits per heavy atom. The van der Waals surface area contributed by atoms with E-state index in [1.54, 1.807) is 12.5 Å². The minimum absolute atomic E-state index is 0.562. The molecule has 21 heavy (non-hydrogen) atoms. The van der Waals surface area contributed by atoms with Crippen molar-refractivity contribution >= 4 is 11.9 Å². The smallest absolute Gasteiger partial charge is 0.310 e. The molecule has 0 aliphatic rings. The van der Waals surface area contributed by atoms with Gasteiger partial charge in [-0.05, 0) is 26.0 Å². The van der Waals surface area contributed by atoms with Gasteiger partial charge in [0.1, 0.15) is 0 Å². The van der Waals surface area contributed by atoms with Crippen LogP contribution in [0.1, 0.15) is 25.2 Å². The summed E-state index contributed by atoms with van der Waals surface area (Å²) in [5.41, 5.74) is 2.18. The van der Waals surface area contributed by atoms with Crippen LogP contribution in [0.4, 0.5) is 0 Å². The average molecular weight is 291 g/mol. The number of pyridine rings is 1. The van der Waals surface area contributed by atoms with Crippen molar-refractivity contribution in [2.75, 3.05) is 0 Å². The van der Waals surface area contributed by atoms with Crippen LogP contribution in [0.15, 0.2) is 36.9 Å². The summed E-state index contributed by atoms with van der Waals surface area (Å²) in [7, 11) is 1.94. The topological polar surface area (TPSA) is 74.1 Å². The molecule has 0 saturated carbocycles. The zero-order valence-corrected chi connectivity index (χ0v) is 13.0. The monoisotopic (exact) mass is 291 g/mol. The lowest BCUT2D eigenvalue weighted by Crippen LogP contribution is -2.03. The van der Waals surface area contributed by atoms with Gasteiger partial charge in [-0.1, -0.05) is 6.07 Å². The molecule has 0 bridgehead atoms. The molecule has 0 radical (unpaired) electrons. The first-order valence-electron chi connectivity index (χ1n) is 6.32. The predicted molar refractivity (Wildman–Crippen MR) is 79.4 cm³/mol. The maximum absolute atomic E-state index is 9.81. The zero-order chi connectivity index (χ0) is 16.3. The SMILES string of the molecule is CC(=O)OC(C)=O.Cc1cccc(C)n1.Cn1ccnc1. The number of esters is 2. The number of carbonyl (C=O) groups excluding carboxylic acids is 2. The van der Waals surface area contributed by atoms with E-state index in [4.69, 9.17) is 0 Å². The summed E-state index contributed by atoms with van der Waals surface area (Å²) in [6.45, 7) is 6.35. The summed E-state index contributed by atoms with van der Waals surface area (Å²) in [5.74, 6) is -1.12. The second-order valence-corrected chi connectivity index (χ2v) is 4.23. The maximum atomic E-state index is 9.81. The number of nitrogens with zero attached hydrogens (tertiary/aromatic N) is 3. The van der Waals surface area contributed by atoms with Crippen molar-refractivity contribution in [3.8, 4) is 0 Å². The quantitative estimate of drug-likeness (QED) is 0.549. The molecule has 0 spiro atoms. The van der Waals surface area contributed by atoms with Gasteiger partial charge in [0, 0.05) is 44.7 Å². The molecule has 2 rings (SSSR count). The first kappa shape index (κ1) is 18.5. The van der Waals surface area contributed by atoms with Crippen LogP contribution in [0.25, 0.3) is 0 Å². The van der Waals surface area contributed by atoms with E-state index in [0.29, 0.717) is 0 Å². The highest BCUT2D eigenvalue weighted by Crippen LogP contribution is 1.93. The van der Waals surface area contributed by atoms with Crippen LogP contribution in [0.5, 0.6) is 0 Å². The molecule has 0 aliphatic heterocycles. The predicted octanol–water partition coefficient (Wildman–Crippen LogP) is 2.21. The lowest BCUT2D eigenvalue weighted by molar-refractivity contribution is -0.156. The third kappa shape index (κ3) is 12.3. The lowest BCUT2D eigenvalue weighted by atomic mass is 10.3. The summed E-state index contributed by atoms with van der Waals surface area (Å²) in [5, 5.41) is 0. The van der Waals surface area contributed by atoms with E-state index in [0.717, 1.165) is 11.4 Å². The Labute approximate surface area is 124 Å². The molecular weight excluding hydrogens is 270 g/mol. The number of imidazole rings is 1. The molecule has 0 unspecified atom stereocenters. The molecule has 2 aromatic rings. The minimum Gasteiger partial charge on any atom is -0.394 e. The second-order valence-electron chi connectivity index (χ2n) is 4.23. The van der Waals surface area contributed by atoms with E-state index in [2.05, 4.69) is 14.7 Å². The Morgan fingerprint density at radius 1 is 1.10 bits per heavy atom. The Morgan fingerprint density at radius 3 is 1.76 bits per heavy atom. The van der Waals surface area contributed by atoms with Crippen molar-refractivity contribution in [2.45, 2.75) is 27.7 Å². The van der Waals surface area contributed by atoms with Gasteiger partial charge in [-0.2, -0.15) is 0 Å². The molecule has 0 amide bonds. The molecular formula is C15H21N3O3. The molecule has 2 heterocycles. The van der Waals surface area contributed by atoms with E-state index in [1.165, 1.54) is 13.8 Å². The molecule has 0 saturated heterocycles. The van der Waals surface area contributed by atoms with Crippen LogP contribution in [-0.2, 0) is 21.4 Å². The Balaban J connectivity index is 0.000000289. The molecule has 0 atom stereocenters. The standard InChI is InChI=1S/C7H9N.C4H6N2.C4H6O3/c1-6-4-3-5-7(2)8-6;1-6-3-2-5-4-6;1-3(5)7-4(2)6/h3-5H,1-2H3;2-4H,1H3;1-2H3. The summed E-state index contributed by atoms with van der Waals surface area (Å²) in [6, 6.07) is 6.00. The molecule has 6 heteroatoms. The first-order valence-corrected chi connectivity index (χ1v) is 6.32. The van der Waals surface area contributed by atoms with Gasteiger partial charge in [0.25, 0.3) is 0 Å². The molecule has 0 aliphatic carbocycles. The van der Waals surface area contributed by atoms with E-state index in [-0.39, 0.29) is 0 Å². The lowest BCUT2D eigenvalue weighted by Gasteiger charge is -1.90. The molecule has 0 aromatic carbocycles. The third-order valence-electron chi connectivity index (χ3n) is 1.95. The van der Waals surface area contributed by atoms with Crippen LogP contribution in [-0.4, -0.2) is 26.5 Å². The highest BCUT2D eigenvalue weighted by molar-refractivity contribution is 5.82. The third-order valence-corrected chi connectivity index (χ3v) is 1.95. The number of hydrogen-bond donors (Lipinski definition) is 0. The highest BCUT2D eigenvalue weighted by atomic mass is 16.6. The van der Waals surface area contributed by atoms with E-state index in [1.807, 2.05) is 49.9 Å². The van der Waals surface area contributed by atoms with Gasteiger partial charge in [-0.3, -0.25) is 14.6 Å². The number of aromatic nitrogens is 3. The summed E-state index contributed by atoms with van der Waals surface area (Å²) in [6.07, 6.45) is 5.39.